The van der Waals surface area contributed by atoms with Gasteiger partial charge in [0.05, 0.1) is 0 Å². The van der Waals surface area contributed by atoms with E-state index >= 15 is 0 Å². The van der Waals surface area contributed by atoms with Crippen molar-refractivity contribution in [3.8, 4) is 0 Å². The number of hydrogen-bond acceptors (Lipinski definition) is 4. The van der Waals surface area contributed by atoms with Gasteiger partial charge < -0.3 is 5.32 Å². The second-order valence-electron chi connectivity index (χ2n) is 3.64. The summed E-state index contributed by atoms with van der Waals surface area (Å²) < 4.78 is 0. The van der Waals surface area contributed by atoms with Crippen molar-refractivity contribution in [1.82, 2.24) is 10.2 Å². The average Bonchev–Trinajstić information content (AvgIpc) is 2.57. The lowest BCUT2D eigenvalue weighted by Gasteiger charge is -2.31. The maximum absolute atomic E-state index is 3.99. The fraction of sp³-hybridized carbons (Fsp3) is 0.556. The minimum atomic E-state index is 0.175. The van der Waals surface area contributed by atoms with E-state index in [4.69, 9.17) is 0 Å². The van der Waals surface area contributed by atoms with Gasteiger partial charge in [0.25, 0.3) is 0 Å². The summed E-state index contributed by atoms with van der Waals surface area (Å²) in [5.41, 5.74) is 1.93. The summed E-state index contributed by atoms with van der Waals surface area (Å²) in [6.45, 7) is 2.23. The molecule has 3 nitrogen and oxygen atoms in total. The lowest BCUT2D eigenvalue weighted by Crippen LogP contribution is -2.35. The predicted octanol–water partition coefficient (Wildman–Crippen LogP) is 2.45. The quantitative estimate of drug-likeness (QED) is 0.736. The molecule has 1 atom stereocenters. The SMILES string of the molecule is CC1(Nc2nncs2)CC=CCC1. The Morgan fingerprint density at radius 3 is 3.08 bits per heavy atom. The van der Waals surface area contributed by atoms with Gasteiger partial charge in [0.1, 0.15) is 5.51 Å². The molecule has 0 radical (unpaired) electrons. The lowest BCUT2D eigenvalue weighted by molar-refractivity contribution is 0.465. The van der Waals surface area contributed by atoms with Crippen molar-refractivity contribution in [3.05, 3.63) is 17.7 Å². The number of anilines is 1. The van der Waals surface area contributed by atoms with Crippen molar-refractivity contribution in [2.24, 2.45) is 0 Å². The Hall–Kier alpha value is -0.900. The molecule has 70 valence electrons. The first-order chi connectivity index (χ1) is 6.29. The average molecular weight is 195 g/mol. The van der Waals surface area contributed by atoms with Gasteiger partial charge in [-0.1, -0.05) is 23.5 Å². The number of rotatable bonds is 2. The molecule has 0 amide bonds. The van der Waals surface area contributed by atoms with E-state index in [0.717, 1.165) is 18.0 Å². The smallest absolute Gasteiger partial charge is 0.205 e. The molecule has 0 fully saturated rings. The van der Waals surface area contributed by atoms with Gasteiger partial charge in [-0.05, 0) is 26.2 Å². The van der Waals surface area contributed by atoms with Crippen LogP contribution < -0.4 is 5.32 Å². The van der Waals surface area contributed by atoms with Crippen LogP contribution in [0, 0.1) is 0 Å². The Morgan fingerprint density at radius 1 is 1.54 bits per heavy atom. The molecule has 1 unspecified atom stereocenters. The van der Waals surface area contributed by atoms with Crippen LogP contribution in [-0.2, 0) is 0 Å². The van der Waals surface area contributed by atoms with Crippen LogP contribution in [0.25, 0.3) is 0 Å². The minimum absolute atomic E-state index is 0.175. The van der Waals surface area contributed by atoms with Crippen molar-refractivity contribution in [3.63, 3.8) is 0 Å². The molecule has 1 heterocycles. The van der Waals surface area contributed by atoms with E-state index < -0.39 is 0 Å². The van der Waals surface area contributed by atoms with Gasteiger partial charge in [0.2, 0.25) is 5.13 Å². The Labute approximate surface area is 81.9 Å². The van der Waals surface area contributed by atoms with Crippen LogP contribution in [0.1, 0.15) is 26.2 Å². The zero-order chi connectivity index (χ0) is 9.15. The molecule has 1 aliphatic carbocycles. The molecular weight excluding hydrogens is 182 g/mol. The number of nitrogens with one attached hydrogen (secondary N) is 1. The standard InChI is InChI=1S/C9H13N3S/c1-9(5-3-2-4-6-9)11-8-12-10-7-13-8/h2-3,7H,4-6H2,1H3,(H,11,12). The predicted molar refractivity (Wildman–Crippen MR) is 54.9 cm³/mol. The number of hydrogen-bond donors (Lipinski definition) is 1. The van der Waals surface area contributed by atoms with Crippen molar-refractivity contribution in [2.75, 3.05) is 5.32 Å². The molecule has 0 aliphatic heterocycles. The van der Waals surface area contributed by atoms with Gasteiger partial charge >= 0.3 is 0 Å². The maximum Gasteiger partial charge on any atom is 0.205 e. The van der Waals surface area contributed by atoms with Crippen LogP contribution in [0.3, 0.4) is 0 Å². The van der Waals surface area contributed by atoms with Crippen LogP contribution in [0.2, 0.25) is 0 Å². The second-order valence-corrected chi connectivity index (χ2v) is 4.48. The monoisotopic (exact) mass is 195 g/mol. The van der Waals surface area contributed by atoms with Gasteiger partial charge in [-0.3, -0.25) is 0 Å². The van der Waals surface area contributed by atoms with E-state index in [1.54, 1.807) is 16.8 Å². The highest BCUT2D eigenvalue weighted by Crippen LogP contribution is 2.27. The highest BCUT2D eigenvalue weighted by Gasteiger charge is 2.24. The first kappa shape index (κ1) is 8.69. The second kappa shape index (κ2) is 3.46. The van der Waals surface area contributed by atoms with E-state index in [2.05, 4.69) is 34.6 Å². The van der Waals surface area contributed by atoms with Crippen LogP contribution in [0.15, 0.2) is 17.7 Å². The first-order valence-electron chi connectivity index (χ1n) is 4.48. The first-order valence-corrected chi connectivity index (χ1v) is 5.36. The van der Waals surface area contributed by atoms with Gasteiger partial charge in [0.15, 0.2) is 0 Å². The van der Waals surface area contributed by atoms with Crippen molar-refractivity contribution >= 4 is 16.5 Å². The molecular formula is C9H13N3S. The van der Waals surface area contributed by atoms with E-state index in [1.165, 1.54) is 6.42 Å². The molecule has 0 aromatic carbocycles. The van der Waals surface area contributed by atoms with E-state index in [-0.39, 0.29) is 5.54 Å². The topological polar surface area (TPSA) is 37.8 Å². The third-order valence-corrected chi connectivity index (χ3v) is 2.97. The molecule has 13 heavy (non-hydrogen) atoms. The van der Waals surface area contributed by atoms with Crippen molar-refractivity contribution in [2.45, 2.75) is 31.7 Å². The lowest BCUT2D eigenvalue weighted by atomic mass is 9.88. The summed E-state index contributed by atoms with van der Waals surface area (Å²) in [5, 5.41) is 12.2. The fourth-order valence-corrected chi connectivity index (χ4v) is 2.16. The van der Waals surface area contributed by atoms with Crippen molar-refractivity contribution < 1.29 is 0 Å². The summed E-state index contributed by atoms with van der Waals surface area (Å²) >= 11 is 1.56. The molecule has 0 spiro atoms. The van der Waals surface area contributed by atoms with Crippen LogP contribution in [-0.4, -0.2) is 15.7 Å². The molecule has 1 aliphatic rings. The number of nitrogens with zero attached hydrogens (tertiary/aromatic N) is 2. The number of aromatic nitrogens is 2. The van der Waals surface area contributed by atoms with E-state index in [9.17, 15) is 0 Å². The molecule has 0 saturated heterocycles. The highest BCUT2D eigenvalue weighted by molar-refractivity contribution is 7.13. The van der Waals surface area contributed by atoms with Crippen LogP contribution in [0.4, 0.5) is 5.13 Å². The van der Waals surface area contributed by atoms with Gasteiger partial charge in [0, 0.05) is 5.54 Å². The summed E-state index contributed by atoms with van der Waals surface area (Å²) in [6, 6.07) is 0. The zero-order valence-corrected chi connectivity index (χ0v) is 8.47. The molecule has 1 aromatic rings. The summed E-state index contributed by atoms with van der Waals surface area (Å²) in [7, 11) is 0. The summed E-state index contributed by atoms with van der Waals surface area (Å²) in [4.78, 5) is 0. The third-order valence-electron chi connectivity index (χ3n) is 2.37. The van der Waals surface area contributed by atoms with Crippen molar-refractivity contribution in [1.29, 1.82) is 0 Å². The van der Waals surface area contributed by atoms with Gasteiger partial charge in [-0.25, -0.2) is 0 Å². The zero-order valence-electron chi connectivity index (χ0n) is 7.66. The Kier molecular flexibility index (Phi) is 2.31. The number of allylic oxidation sites excluding steroid dienone is 1. The Bertz CT molecular complexity index is 294. The molecule has 4 heteroatoms. The molecule has 0 saturated carbocycles. The van der Waals surface area contributed by atoms with Gasteiger partial charge in [-0.2, -0.15) is 0 Å². The normalized spacial score (nSPS) is 27.5. The largest absolute Gasteiger partial charge is 0.355 e. The van der Waals surface area contributed by atoms with Crippen LogP contribution >= 0.6 is 11.3 Å². The fourth-order valence-electron chi connectivity index (χ4n) is 1.56. The molecule has 1 N–H and O–H groups in total. The van der Waals surface area contributed by atoms with Gasteiger partial charge in [-0.15, -0.1) is 10.2 Å². The minimum Gasteiger partial charge on any atom is -0.355 e. The highest BCUT2D eigenvalue weighted by atomic mass is 32.1. The molecule has 1 aromatic heterocycles. The van der Waals surface area contributed by atoms with Crippen LogP contribution in [0.5, 0.6) is 0 Å². The third kappa shape index (κ3) is 2.06. The molecule has 0 bridgehead atoms. The Morgan fingerprint density at radius 2 is 2.46 bits per heavy atom. The Balaban J connectivity index is 2.04. The van der Waals surface area contributed by atoms with E-state index in [0.29, 0.717) is 0 Å². The molecule has 2 rings (SSSR count). The summed E-state index contributed by atoms with van der Waals surface area (Å²) in [6.07, 6.45) is 7.87. The summed E-state index contributed by atoms with van der Waals surface area (Å²) in [5.74, 6) is 0. The van der Waals surface area contributed by atoms with E-state index in [1.807, 2.05) is 0 Å². The maximum atomic E-state index is 3.99.